The minimum absolute atomic E-state index is 0.274. The minimum atomic E-state index is -0.445. The van der Waals surface area contributed by atoms with Gasteiger partial charge in [-0.3, -0.25) is 4.79 Å². The molecule has 2 aromatic rings. The Labute approximate surface area is 154 Å². The van der Waals surface area contributed by atoms with Crippen LogP contribution < -0.4 is 10.2 Å². The van der Waals surface area contributed by atoms with E-state index in [0.717, 1.165) is 31.7 Å². The molecule has 0 unspecified atom stereocenters. The number of benzene rings is 1. The number of anilines is 2. The first-order valence-corrected chi connectivity index (χ1v) is 8.79. The van der Waals surface area contributed by atoms with Crippen molar-refractivity contribution in [2.45, 2.75) is 26.7 Å². The molecule has 0 aliphatic carbocycles. The normalized spacial score (nSPS) is 10.3. The number of esters is 1. The van der Waals surface area contributed by atoms with E-state index in [1.165, 1.54) is 7.11 Å². The number of nitrogens with one attached hydrogen (secondary N) is 1. The summed E-state index contributed by atoms with van der Waals surface area (Å²) in [4.78, 5) is 30.6. The summed E-state index contributed by atoms with van der Waals surface area (Å²) < 4.78 is 4.69. The van der Waals surface area contributed by atoms with E-state index in [-0.39, 0.29) is 5.91 Å². The Morgan fingerprint density at radius 2 is 1.81 bits per heavy atom. The zero-order chi connectivity index (χ0) is 18.9. The summed E-state index contributed by atoms with van der Waals surface area (Å²) in [6, 6.07) is 10.3. The molecule has 0 aliphatic heterocycles. The lowest BCUT2D eigenvalue weighted by atomic mass is 10.2. The van der Waals surface area contributed by atoms with Gasteiger partial charge in [-0.25, -0.2) is 9.78 Å². The molecule has 0 spiro atoms. The number of hydrogen-bond acceptors (Lipinski definition) is 5. The topological polar surface area (TPSA) is 71.5 Å². The van der Waals surface area contributed by atoms with Crippen LogP contribution in [-0.4, -0.2) is 37.1 Å². The second kappa shape index (κ2) is 9.56. The van der Waals surface area contributed by atoms with Gasteiger partial charge in [0, 0.05) is 25.0 Å². The van der Waals surface area contributed by atoms with Gasteiger partial charge in [-0.1, -0.05) is 19.9 Å². The molecule has 1 aromatic carbocycles. The van der Waals surface area contributed by atoms with Gasteiger partial charge in [0.15, 0.2) is 0 Å². The van der Waals surface area contributed by atoms with Crippen LogP contribution in [-0.2, 0) is 4.74 Å². The third kappa shape index (κ3) is 5.05. The van der Waals surface area contributed by atoms with E-state index in [1.54, 1.807) is 36.5 Å². The van der Waals surface area contributed by atoms with Gasteiger partial charge in [-0.15, -0.1) is 0 Å². The Kier molecular flexibility index (Phi) is 7.14. The third-order valence-electron chi connectivity index (χ3n) is 3.86. The summed E-state index contributed by atoms with van der Waals surface area (Å²) in [6.45, 7) is 6.14. The fraction of sp³-hybridized carbons (Fsp3) is 0.350. The van der Waals surface area contributed by atoms with Crippen molar-refractivity contribution in [1.82, 2.24) is 4.98 Å². The molecule has 0 saturated carbocycles. The SMILES string of the molecule is CCCN(CCC)c1ccc(C(=O)Nc2cccc(C(=O)OC)c2)cn1. The van der Waals surface area contributed by atoms with E-state index < -0.39 is 5.97 Å². The first kappa shape index (κ1) is 19.4. The molecule has 1 amide bonds. The number of carbonyl (C=O) groups excluding carboxylic acids is 2. The van der Waals surface area contributed by atoms with Crippen molar-refractivity contribution in [3.63, 3.8) is 0 Å². The van der Waals surface area contributed by atoms with Crippen LogP contribution in [0.3, 0.4) is 0 Å². The maximum atomic E-state index is 12.4. The summed E-state index contributed by atoms with van der Waals surface area (Å²) in [5, 5.41) is 2.78. The van der Waals surface area contributed by atoms with Crippen molar-refractivity contribution < 1.29 is 14.3 Å². The van der Waals surface area contributed by atoms with E-state index in [1.807, 2.05) is 6.07 Å². The first-order valence-electron chi connectivity index (χ1n) is 8.79. The monoisotopic (exact) mass is 355 g/mol. The molecule has 6 heteroatoms. The molecule has 1 N–H and O–H groups in total. The van der Waals surface area contributed by atoms with Gasteiger partial charge in [0.1, 0.15) is 5.82 Å². The quantitative estimate of drug-likeness (QED) is 0.730. The Balaban J connectivity index is 2.09. The average Bonchev–Trinajstić information content (AvgIpc) is 2.67. The highest BCUT2D eigenvalue weighted by molar-refractivity contribution is 6.04. The van der Waals surface area contributed by atoms with E-state index in [4.69, 9.17) is 0 Å². The molecular formula is C20H25N3O3. The lowest BCUT2D eigenvalue weighted by Crippen LogP contribution is -2.26. The summed E-state index contributed by atoms with van der Waals surface area (Å²) in [6.07, 6.45) is 3.66. The Hall–Kier alpha value is -2.89. The largest absolute Gasteiger partial charge is 0.465 e. The number of aromatic nitrogens is 1. The van der Waals surface area contributed by atoms with Gasteiger partial charge in [-0.05, 0) is 43.2 Å². The summed E-state index contributed by atoms with van der Waals surface area (Å²) in [5.74, 6) is 0.153. The lowest BCUT2D eigenvalue weighted by molar-refractivity contribution is 0.0600. The molecule has 0 saturated heterocycles. The molecule has 0 fully saturated rings. The van der Waals surface area contributed by atoms with Crippen molar-refractivity contribution >= 4 is 23.4 Å². The third-order valence-corrected chi connectivity index (χ3v) is 3.86. The molecular weight excluding hydrogens is 330 g/mol. The number of hydrogen-bond donors (Lipinski definition) is 1. The molecule has 0 bridgehead atoms. The van der Waals surface area contributed by atoms with E-state index in [0.29, 0.717) is 16.8 Å². The van der Waals surface area contributed by atoms with Crippen LogP contribution in [0.1, 0.15) is 47.4 Å². The summed E-state index contributed by atoms with van der Waals surface area (Å²) >= 11 is 0. The van der Waals surface area contributed by atoms with Crippen molar-refractivity contribution in [3.8, 4) is 0 Å². The number of ether oxygens (including phenoxy) is 1. The van der Waals surface area contributed by atoms with Gasteiger partial charge >= 0.3 is 5.97 Å². The van der Waals surface area contributed by atoms with Crippen LogP contribution in [0.15, 0.2) is 42.6 Å². The molecule has 138 valence electrons. The summed E-state index contributed by atoms with van der Waals surface area (Å²) in [7, 11) is 1.32. The van der Waals surface area contributed by atoms with Crippen molar-refractivity contribution in [2.75, 3.05) is 30.4 Å². The fourth-order valence-corrected chi connectivity index (χ4v) is 2.63. The smallest absolute Gasteiger partial charge is 0.337 e. The molecule has 0 radical (unpaired) electrons. The van der Waals surface area contributed by atoms with Gasteiger partial charge in [-0.2, -0.15) is 0 Å². The highest BCUT2D eigenvalue weighted by Crippen LogP contribution is 2.15. The highest BCUT2D eigenvalue weighted by Gasteiger charge is 2.11. The maximum Gasteiger partial charge on any atom is 0.337 e. The van der Waals surface area contributed by atoms with Crippen LogP contribution in [0.5, 0.6) is 0 Å². The van der Waals surface area contributed by atoms with Gasteiger partial charge in [0.2, 0.25) is 0 Å². The Bertz CT molecular complexity index is 738. The molecule has 0 aliphatic rings. The molecule has 6 nitrogen and oxygen atoms in total. The predicted octanol–water partition coefficient (Wildman–Crippen LogP) is 3.75. The van der Waals surface area contributed by atoms with E-state index in [9.17, 15) is 9.59 Å². The number of pyridine rings is 1. The molecule has 2 rings (SSSR count). The Morgan fingerprint density at radius 3 is 2.38 bits per heavy atom. The summed E-state index contributed by atoms with van der Waals surface area (Å²) in [5.41, 5.74) is 1.37. The van der Waals surface area contributed by atoms with Crippen LogP contribution in [0, 0.1) is 0 Å². The number of carbonyl (C=O) groups is 2. The van der Waals surface area contributed by atoms with E-state index >= 15 is 0 Å². The highest BCUT2D eigenvalue weighted by atomic mass is 16.5. The first-order chi connectivity index (χ1) is 12.6. The Morgan fingerprint density at radius 1 is 1.08 bits per heavy atom. The zero-order valence-electron chi connectivity index (χ0n) is 15.5. The van der Waals surface area contributed by atoms with Crippen LogP contribution in [0.2, 0.25) is 0 Å². The van der Waals surface area contributed by atoms with E-state index in [2.05, 4.69) is 33.8 Å². The second-order valence-electron chi connectivity index (χ2n) is 5.92. The second-order valence-corrected chi connectivity index (χ2v) is 5.92. The predicted molar refractivity (Wildman–Crippen MR) is 103 cm³/mol. The average molecular weight is 355 g/mol. The number of methoxy groups -OCH3 is 1. The maximum absolute atomic E-state index is 12.4. The van der Waals surface area contributed by atoms with Gasteiger partial charge in [0.05, 0.1) is 18.2 Å². The standard InChI is InChI=1S/C20H25N3O3/c1-4-11-23(12-5-2)18-10-9-16(14-21-18)19(24)22-17-8-6-7-15(13-17)20(25)26-3/h6-10,13-14H,4-5,11-12H2,1-3H3,(H,22,24). The fourth-order valence-electron chi connectivity index (χ4n) is 2.63. The molecule has 1 aromatic heterocycles. The zero-order valence-corrected chi connectivity index (χ0v) is 15.5. The molecule has 1 heterocycles. The van der Waals surface area contributed by atoms with Gasteiger partial charge in [0.25, 0.3) is 5.91 Å². The van der Waals surface area contributed by atoms with Crippen LogP contribution in [0.25, 0.3) is 0 Å². The minimum Gasteiger partial charge on any atom is -0.465 e. The van der Waals surface area contributed by atoms with Crippen LogP contribution >= 0.6 is 0 Å². The van der Waals surface area contributed by atoms with Crippen LogP contribution in [0.4, 0.5) is 11.5 Å². The molecule has 26 heavy (non-hydrogen) atoms. The lowest BCUT2D eigenvalue weighted by Gasteiger charge is -2.22. The number of amides is 1. The van der Waals surface area contributed by atoms with Crippen molar-refractivity contribution in [3.05, 3.63) is 53.7 Å². The van der Waals surface area contributed by atoms with Gasteiger partial charge < -0.3 is 15.0 Å². The number of nitrogens with zero attached hydrogens (tertiary/aromatic N) is 2. The van der Waals surface area contributed by atoms with Crippen molar-refractivity contribution in [1.29, 1.82) is 0 Å². The number of rotatable bonds is 8. The van der Waals surface area contributed by atoms with Crippen molar-refractivity contribution in [2.24, 2.45) is 0 Å². The molecule has 0 atom stereocenters.